The van der Waals surface area contributed by atoms with Crippen molar-refractivity contribution >= 4 is 11.6 Å². The fourth-order valence-corrected chi connectivity index (χ4v) is 2.34. The third-order valence-corrected chi connectivity index (χ3v) is 3.46. The molecule has 0 saturated heterocycles. The van der Waals surface area contributed by atoms with E-state index in [2.05, 4.69) is 10.1 Å². The van der Waals surface area contributed by atoms with Gasteiger partial charge >= 0.3 is 6.36 Å². The van der Waals surface area contributed by atoms with Crippen LogP contribution in [-0.4, -0.2) is 25.9 Å². The molecule has 1 atom stereocenters. The standard InChI is InChI=1S/C18H19F3N2O2/c1-13-3-5-14(6-4-13)11-23(2)12-17(24)22-15-7-9-16(10-8-15)25-18(19,20)21/h3-10H,11-12H2,1-2H3,(H,22,24)/p+1. The number of rotatable bonds is 6. The number of quaternary nitrogens is 1. The number of anilines is 1. The first-order chi connectivity index (χ1) is 11.7. The number of alkyl halides is 3. The molecule has 2 aromatic rings. The first-order valence-electron chi connectivity index (χ1n) is 7.74. The summed E-state index contributed by atoms with van der Waals surface area (Å²) in [6.45, 7) is 2.96. The van der Waals surface area contributed by atoms with Gasteiger partial charge in [-0.3, -0.25) is 4.79 Å². The first-order valence-corrected chi connectivity index (χ1v) is 7.74. The van der Waals surface area contributed by atoms with Gasteiger partial charge in [-0.1, -0.05) is 29.8 Å². The smallest absolute Gasteiger partial charge is 0.406 e. The van der Waals surface area contributed by atoms with Gasteiger partial charge in [-0.15, -0.1) is 13.2 Å². The fraction of sp³-hybridized carbons (Fsp3) is 0.278. The summed E-state index contributed by atoms with van der Waals surface area (Å²) in [5.41, 5.74) is 2.73. The van der Waals surface area contributed by atoms with Gasteiger partial charge in [-0.25, -0.2) is 0 Å². The van der Waals surface area contributed by atoms with E-state index in [1.165, 1.54) is 17.7 Å². The molecule has 1 amide bonds. The van der Waals surface area contributed by atoms with Gasteiger partial charge in [0, 0.05) is 11.3 Å². The van der Waals surface area contributed by atoms with Crippen LogP contribution in [0.1, 0.15) is 11.1 Å². The highest BCUT2D eigenvalue weighted by Gasteiger charge is 2.30. The van der Waals surface area contributed by atoms with Crippen LogP contribution in [0.4, 0.5) is 18.9 Å². The van der Waals surface area contributed by atoms with Crippen LogP contribution in [0, 0.1) is 6.92 Å². The molecule has 4 nitrogen and oxygen atoms in total. The molecule has 0 bridgehead atoms. The van der Waals surface area contributed by atoms with Crippen LogP contribution in [0.3, 0.4) is 0 Å². The summed E-state index contributed by atoms with van der Waals surface area (Å²) >= 11 is 0. The Morgan fingerprint density at radius 2 is 1.68 bits per heavy atom. The zero-order valence-corrected chi connectivity index (χ0v) is 14.0. The van der Waals surface area contributed by atoms with Gasteiger partial charge in [0.1, 0.15) is 12.3 Å². The van der Waals surface area contributed by atoms with Crippen molar-refractivity contribution in [3.8, 4) is 5.75 Å². The van der Waals surface area contributed by atoms with Crippen LogP contribution in [0.5, 0.6) is 5.75 Å². The highest BCUT2D eigenvalue weighted by atomic mass is 19.4. The van der Waals surface area contributed by atoms with Crippen molar-refractivity contribution in [2.24, 2.45) is 0 Å². The van der Waals surface area contributed by atoms with Crippen molar-refractivity contribution in [3.63, 3.8) is 0 Å². The summed E-state index contributed by atoms with van der Waals surface area (Å²) in [6, 6.07) is 13.1. The van der Waals surface area contributed by atoms with Crippen LogP contribution in [0.15, 0.2) is 48.5 Å². The Morgan fingerprint density at radius 1 is 1.08 bits per heavy atom. The largest absolute Gasteiger partial charge is 0.573 e. The number of nitrogens with one attached hydrogen (secondary N) is 2. The minimum atomic E-state index is -4.73. The molecule has 0 aliphatic carbocycles. The van der Waals surface area contributed by atoms with Gasteiger partial charge in [-0.2, -0.15) is 0 Å². The zero-order valence-electron chi connectivity index (χ0n) is 14.0. The number of hydrogen-bond donors (Lipinski definition) is 2. The Morgan fingerprint density at radius 3 is 2.24 bits per heavy atom. The number of aryl methyl sites for hydroxylation is 1. The second kappa shape index (κ2) is 8.02. The monoisotopic (exact) mass is 353 g/mol. The normalized spacial score (nSPS) is 12.5. The molecule has 0 aliphatic heterocycles. The molecule has 2 N–H and O–H groups in total. The Balaban J connectivity index is 1.83. The quantitative estimate of drug-likeness (QED) is 0.838. The Labute approximate surface area is 144 Å². The predicted molar refractivity (Wildman–Crippen MR) is 88.4 cm³/mol. The van der Waals surface area contributed by atoms with E-state index in [1.54, 1.807) is 0 Å². The average Bonchev–Trinajstić information content (AvgIpc) is 2.50. The highest BCUT2D eigenvalue weighted by Crippen LogP contribution is 2.23. The molecule has 0 aliphatic rings. The molecular formula is C18H20F3N2O2+. The van der Waals surface area contributed by atoms with Gasteiger partial charge < -0.3 is 15.0 Å². The van der Waals surface area contributed by atoms with Gasteiger partial charge in [0.15, 0.2) is 6.54 Å². The number of hydrogen-bond acceptors (Lipinski definition) is 2. The third-order valence-electron chi connectivity index (χ3n) is 3.46. The molecule has 0 heterocycles. The van der Waals surface area contributed by atoms with Crippen molar-refractivity contribution in [1.82, 2.24) is 0 Å². The second-order valence-electron chi connectivity index (χ2n) is 5.92. The van der Waals surface area contributed by atoms with E-state index in [1.807, 2.05) is 38.2 Å². The van der Waals surface area contributed by atoms with Crippen molar-refractivity contribution in [1.29, 1.82) is 0 Å². The average molecular weight is 353 g/mol. The van der Waals surface area contributed by atoms with Crippen LogP contribution < -0.4 is 15.0 Å². The number of benzene rings is 2. The predicted octanol–water partition coefficient (Wildman–Crippen LogP) is 2.55. The molecule has 0 radical (unpaired) electrons. The van der Waals surface area contributed by atoms with E-state index < -0.39 is 6.36 Å². The summed E-state index contributed by atoms with van der Waals surface area (Å²) in [5.74, 6) is -0.540. The van der Waals surface area contributed by atoms with Crippen molar-refractivity contribution in [2.75, 3.05) is 18.9 Å². The molecule has 25 heavy (non-hydrogen) atoms. The molecule has 2 aromatic carbocycles. The molecule has 1 unspecified atom stereocenters. The molecular weight excluding hydrogens is 333 g/mol. The first kappa shape index (κ1) is 18.8. The van der Waals surface area contributed by atoms with Crippen molar-refractivity contribution in [3.05, 3.63) is 59.7 Å². The number of carbonyl (C=O) groups is 1. The van der Waals surface area contributed by atoms with Crippen LogP contribution >= 0.6 is 0 Å². The Bertz CT molecular complexity index is 698. The molecule has 0 fully saturated rings. The summed E-state index contributed by atoms with van der Waals surface area (Å²) in [5, 5.41) is 2.66. The number of ether oxygens (including phenoxy) is 1. The number of carbonyl (C=O) groups excluding carboxylic acids is 1. The van der Waals surface area contributed by atoms with Gasteiger partial charge in [0.25, 0.3) is 5.91 Å². The minimum Gasteiger partial charge on any atom is -0.406 e. The second-order valence-corrected chi connectivity index (χ2v) is 5.92. The SMILES string of the molecule is Cc1ccc(C[NH+](C)CC(=O)Nc2ccc(OC(F)(F)F)cc2)cc1. The maximum Gasteiger partial charge on any atom is 0.573 e. The number of amides is 1. The fourth-order valence-electron chi connectivity index (χ4n) is 2.34. The summed E-state index contributed by atoms with van der Waals surface area (Å²) < 4.78 is 40.1. The number of likely N-dealkylation sites (N-methyl/N-ethyl adjacent to an activating group) is 1. The maximum absolute atomic E-state index is 12.1. The van der Waals surface area contributed by atoms with Crippen molar-refractivity contribution < 1.29 is 27.6 Å². The third kappa shape index (κ3) is 6.84. The lowest BCUT2D eigenvalue weighted by molar-refractivity contribution is -0.885. The van der Waals surface area contributed by atoms with E-state index in [-0.39, 0.29) is 18.2 Å². The van der Waals surface area contributed by atoms with Gasteiger partial charge in [0.2, 0.25) is 0 Å². The molecule has 134 valence electrons. The van der Waals surface area contributed by atoms with E-state index in [9.17, 15) is 18.0 Å². The highest BCUT2D eigenvalue weighted by molar-refractivity contribution is 5.91. The van der Waals surface area contributed by atoms with E-state index in [0.717, 1.165) is 22.6 Å². The molecule has 2 rings (SSSR count). The van der Waals surface area contributed by atoms with Gasteiger partial charge in [-0.05, 0) is 31.2 Å². The van der Waals surface area contributed by atoms with Crippen LogP contribution in [0.2, 0.25) is 0 Å². The van der Waals surface area contributed by atoms with E-state index in [4.69, 9.17) is 0 Å². The van der Waals surface area contributed by atoms with Crippen molar-refractivity contribution in [2.45, 2.75) is 19.8 Å². The summed E-state index contributed by atoms with van der Waals surface area (Å²) in [4.78, 5) is 13.0. The molecule has 0 saturated carbocycles. The summed E-state index contributed by atoms with van der Waals surface area (Å²) in [7, 11) is 1.90. The molecule has 7 heteroatoms. The Kier molecular flexibility index (Phi) is 6.03. The van der Waals surface area contributed by atoms with Crippen LogP contribution in [-0.2, 0) is 11.3 Å². The van der Waals surface area contributed by atoms with Crippen LogP contribution in [0.25, 0.3) is 0 Å². The lowest BCUT2D eigenvalue weighted by Crippen LogP contribution is -3.08. The molecule has 0 aromatic heterocycles. The lowest BCUT2D eigenvalue weighted by atomic mass is 10.1. The Hall–Kier alpha value is -2.54. The molecule has 0 spiro atoms. The summed E-state index contributed by atoms with van der Waals surface area (Å²) in [6.07, 6.45) is -4.73. The minimum absolute atomic E-state index is 0.214. The zero-order chi connectivity index (χ0) is 18.4. The number of halogens is 3. The van der Waals surface area contributed by atoms with Gasteiger partial charge in [0.05, 0.1) is 7.05 Å². The van der Waals surface area contributed by atoms with E-state index in [0.29, 0.717) is 12.2 Å². The lowest BCUT2D eigenvalue weighted by Gasteiger charge is -2.14. The maximum atomic E-state index is 12.1. The van der Waals surface area contributed by atoms with E-state index >= 15 is 0 Å². The topological polar surface area (TPSA) is 42.8 Å².